The summed E-state index contributed by atoms with van der Waals surface area (Å²) in [6, 6.07) is 9.05. The van der Waals surface area contributed by atoms with Gasteiger partial charge in [-0.1, -0.05) is 37.3 Å². The van der Waals surface area contributed by atoms with E-state index in [9.17, 15) is 13.2 Å². The van der Waals surface area contributed by atoms with Gasteiger partial charge in [0.2, 0.25) is 0 Å². The van der Waals surface area contributed by atoms with Gasteiger partial charge in [-0.25, -0.2) is 8.42 Å². The first-order valence-electron chi connectivity index (χ1n) is 10.8. The Hall–Kier alpha value is -2.54. The minimum absolute atomic E-state index is 0.0353. The molecule has 1 aromatic carbocycles. The van der Waals surface area contributed by atoms with E-state index in [1.807, 2.05) is 30.3 Å². The van der Waals surface area contributed by atoms with Crippen molar-refractivity contribution in [3.63, 3.8) is 0 Å². The molecule has 3 aliphatic rings. The minimum atomic E-state index is -3.22. The first kappa shape index (κ1) is 20.4. The zero-order valence-corrected chi connectivity index (χ0v) is 18.7. The zero-order chi connectivity index (χ0) is 21.8. The Bertz CT molecular complexity index is 1210. The summed E-state index contributed by atoms with van der Waals surface area (Å²) in [6.07, 6.45) is 8.25. The maximum atomic E-state index is 13.0. The van der Waals surface area contributed by atoms with E-state index in [0.717, 1.165) is 24.0 Å². The van der Waals surface area contributed by atoms with E-state index in [0.29, 0.717) is 23.6 Å². The van der Waals surface area contributed by atoms with E-state index in [4.69, 9.17) is 0 Å². The van der Waals surface area contributed by atoms with E-state index in [1.54, 1.807) is 17.1 Å². The van der Waals surface area contributed by atoms with Crippen molar-refractivity contribution < 1.29 is 13.2 Å². The number of hydrogen-bond donors (Lipinski definition) is 0. The van der Waals surface area contributed by atoms with Gasteiger partial charge in [0.15, 0.2) is 5.78 Å². The fourth-order valence-corrected chi connectivity index (χ4v) is 6.08. The predicted molar refractivity (Wildman–Crippen MR) is 120 cm³/mol. The Balaban J connectivity index is 1.34. The Morgan fingerprint density at radius 2 is 2.06 bits per heavy atom. The topological polar surface area (TPSA) is 81.4 Å². The number of Topliss-reactive ketones (excluding diaryl/α,β-unsaturated/α-hetero) is 1. The molecule has 3 atom stereocenters. The molecular formula is C24H27N3O3S. The third-order valence-electron chi connectivity index (χ3n) is 6.99. The average molecular weight is 438 g/mol. The summed E-state index contributed by atoms with van der Waals surface area (Å²) in [6.45, 7) is 3.01. The maximum absolute atomic E-state index is 13.0. The molecule has 1 aliphatic heterocycles. The van der Waals surface area contributed by atoms with Gasteiger partial charge in [-0.2, -0.15) is 5.10 Å². The third-order valence-corrected chi connectivity index (χ3v) is 7.92. The molecule has 0 saturated heterocycles. The lowest BCUT2D eigenvalue weighted by Crippen LogP contribution is -2.21. The quantitative estimate of drug-likeness (QED) is 0.666. The van der Waals surface area contributed by atoms with Gasteiger partial charge in [-0.15, -0.1) is 0 Å². The summed E-state index contributed by atoms with van der Waals surface area (Å²) >= 11 is 0. The molecule has 0 bridgehead atoms. The molecule has 0 radical (unpaired) electrons. The van der Waals surface area contributed by atoms with Gasteiger partial charge < -0.3 is 0 Å². The number of hydrogen-bond acceptors (Lipinski definition) is 5. The number of fused-ring (bicyclic) bond motifs is 1. The Morgan fingerprint density at radius 3 is 2.81 bits per heavy atom. The SMILES string of the molecule is CC12CC3=C(CC1C2)C(C(=O)Cc1cnn(C(CS(C)(=O)=O)c2ccccc2)c1)=NC3. The molecular weight excluding hydrogens is 410 g/mol. The Kier molecular flexibility index (Phi) is 4.77. The summed E-state index contributed by atoms with van der Waals surface area (Å²) in [5.41, 5.74) is 5.30. The van der Waals surface area contributed by atoms with E-state index >= 15 is 0 Å². The van der Waals surface area contributed by atoms with Crippen LogP contribution < -0.4 is 0 Å². The number of rotatable bonds is 7. The number of carbonyl (C=O) groups is 1. The number of sulfone groups is 1. The van der Waals surface area contributed by atoms with Crippen LogP contribution in [0.5, 0.6) is 0 Å². The van der Waals surface area contributed by atoms with Crippen molar-refractivity contribution in [3.05, 3.63) is 65.0 Å². The average Bonchev–Trinajstić information content (AvgIpc) is 3.03. The summed E-state index contributed by atoms with van der Waals surface area (Å²) in [4.78, 5) is 17.6. The first-order valence-corrected chi connectivity index (χ1v) is 12.8. The van der Waals surface area contributed by atoms with Crippen molar-refractivity contribution in [3.8, 4) is 0 Å². The molecule has 2 aliphatic carbocycles. The van der Waals surface area contributed by atoms with Crippen LogP contribution in [0.25, 0.3) is 0 Å². The highest BCUT2D eigenvalue weighted by Gasteiger charge is 2.54. The molecule has 1 fully saturated rings. The summed E-state index contributed by atoms with van der Waals surface area (Å²) in [5.74, 6) is 0.691. The van der Waals surface area contributed by atoms with Gasteiger partial charge in [0.25, 0.3) is 0 Å². The van der Waals surface area contributed by atoms with E-state index in [-0.39, 0.29) is 18.0 Å². The van der Waals surface area contributed by atoms with Crippen molar-refractivity contribution in [2.24, 2.45) is 16.3 Å². The highest BCUT2D eigenvalue weighted by Crippen LogP contribution is 2.62. The van der Waals surface area contributed by atoms with Gasteiger partial charge in [0, 0.05) is 18.9 Å². The lowest BCUT2D eigenvalue weighted by atomic mass is 9.83. The number of aromatic nitrogens is 2. The van der Waals surface area contributed by atoms with E-state index in [2.05, 4.69) is 17.0 Å². The number of carbonyl (C=O) groups excluding carboxylic acids is 1. The molecule has 2 aromatic rings. The number of nitrogens with zero attached hydrogens (tertiary/aromatic N) is 3. The lowest BCUT2D eigenvalue weighted by Gasteiger charge is -2.20. The predicted octanol–water partition coefficient (Wildman–Crippen LogP) is 3.20. The van der Waals surface area contributed by atoms with Crippen LogP contribution in [0.1, 0.15) is 43.4 Å². The zero-order valence-electron chi connectivity index (χ0n) is 17.9. The first-order chi connectivity index (χ1) is 14.7. The largest absolute Gasteiger partial charge is 0.292 e. The molecule has 162 valence electrons. The van der Waals surface area contributed by atoms with Gasteiger partial charge in [-0.05, 0) is 52.9 Å². The number of aliphatic imine (C=N–C) groups is 1. The number of ketones is 1. The highest BCUT2D eigenvalue weighted by molar-refractivity contribution is 7.90. The van der Waals surface area contributed by atoms with Crippen LogP contribution >= 0.6 is 0 Å². The van der Waals surface area contributed by atoms with E-state index < -0.39 is 15.9 Å². The van der Waals surface area contributed by atoms with Crippen molar-refractivity contribution in [1.82, 2.24) is 9.78 Å². The van der Waals surface area contributed by atoms with Gasteiger partial charge in [0.1, 0.15) is 15.5 Å². The van der Waals surface area contributed by atoms with Crippen LogP contribution in [0.3, 0.4) is 0 Å². The van der Waals surface area contributed by atoms with Crippen LogP contribution in [-0.2, 0) is 21.1 Å². The second kappa shape index (κ2) is 7.26. The van der Waals surface area contributed by atoms with Gasteiger partial charge >= 0.3 is 0 Å². The molecule has 0 N–H and O–H groups in total. The van der Waals surface area contributed by atoms with Crippen molar-refractivity contribution in [1.29, 1.82) is 0 Å². The summed E-state index contributed by atoms with van der Waals surface area (Å²) < 4.78 is 25.7. The Morgan fingerprint density at radius 1 is 1.29 bits per heavy atom. The lowest BCUT2D eigenvalue weighted by molar-refractivity contribution is -0.112. The molecule has 2 heterocycles. The molecule has 7 heteroatoms. The van der Waals surface area contributed by atoms with Crippen molar-refractivity contribution in [2.75, 3.05) is 18.6 Å². The van der Waals surface area contributed by atoms with Crippen LogP contribution in [-0.4, -0.2) is 48.2 Å². The molecule has 0 amide bonds. The minimum Gasteiger partial charge on any atom is -0.292 e. The van der Waals surface area contributed by atoms with Crippen LogP contribution in [0.2, 0.25) is 0 Å². The van der Waals surface area contributed by atoms with Gasteiger partial charge in [-0.3, -0.25) is 14.5 Å². The number of allylic oxidation sites excluding steroid dienone is 1. The van der Waals surface area contributed by atoms with Gasteiger partial charge in [0.05, 0.1) is 24.5 Å². The summed E-state index contributed by atoms with van der Waals surface area (Å²) in [5, 5.41) is 4.41. The molecule has 5 rings (SSSR count). The monoisotopic (exact) mass is 437 g/mol. The number of benzene rings is 1. The molecule has 1 saturated carbocycles. The van der Waals surface area contributed by atoms with Crippen LogP contribution in [0.4, 0.5) is 0 Å². The standard InChI is InChI=1S/C24H27N3O3S/c1-24-10-18-13-25-23(20(18)9-19(24)11-24)22(28)8-16-12-26-27(14-16)21(15-31(2,29)30)17-6-4-3-5-7-17/h3-7,12,14,19,21H,8-11,13,15H2,1-2H3. The molecule has 0 spiro atoms. The maximum Gasteiger partial charge on any atom is 0.185 e. The fraction of sp³-hybridized carbons (Fsp3) is 0.458. The Labute approximate surface area is 183 Å². The molecule has 6 nitrogen and oxygen atoms in total. The van der Waals surface area contributed by atoms with E-state index in [1.165, 1.54) is 23.8 Å². The normalized spacial score (nSPS) is 25.6. The second-order valence-corrected chi connectivity index (χ2v) is 11.8. The molecule has 1 aromatic heterocycles. The van der Waals surface area contributed by atoms with Crippen LogP contribution in [0, 0.1) is 11.3 Å². The second-order valence-electron chi connectivity index (χ2n) is 9.63. The summed E-state index contributed by atoms with van der Waals surface area (Å²) in [7, 11) is -3.22. The van der Waals surface area contributed by atoms with Crippen molar-refractivity contribution >= 4 is 21.3 Å². The smallest absolute Gasteiger partial charge is 0.185 e. The highest BCUT2D eigenvalue weighted by atomic mass is 32.2. The molecule has 3 unspecified atom stereocenters. The molecule has 31 heavy (non-hydrogen) atoms. The van der Waals surface area contributed by atoms with Crippen LogP contribution in [0.15, 0.2) is 58.9 Å². The third kappa shape index (κ3) is 4.03. The fourth-order valence-electron chi connectivity index (χ4n) is 5.16. The van der Waals surface area contributed by atoms with Crippen molar-refractivity contribution in [2.45, 2.75) is 38.6 Å².